The Morgan fingerprint density at radius 3 is 2.37 bits per heavy atom. The van der Waals surface area contributed by atoms with E-state index in [9.17, 15) is 8.78 Å². The molecule has 2 aromatic carbocycles. The molecular weight excluding hydrogens is 350 g/mol. The van der Waals surface area contributed by atoms with E-state index >= 15 is 0 Å². The van der Waals surface area contributed by atoms with Crippen molar-refractivity contribution >= 4 is 0 Å². The first kappa shape index (κ1) is 19.6. The van der Waals surface area contributed by atoms with Crippen LogP contribution < -0.4 is 9.47 Å². The van der Waals surface area contributed by atoms with Gasteiger partial charge in [0.2, 0.25) is 5.82 Å². The molecule has 0 saturated carbocycles. The van der Waals surface area contributed by atoms with Crippen molar-refractivity contribution in [2.45, 2.75) is 39.2 Å². The molecule has 2 unspecified atom stereocenters. The molecule has 0 aliphatic carbocycles. The van der Waals surface area contributed by atoms with E-state index < -0.39 is 11.6 Å². The minimum atomic E-state index is -0.961. The summed E-state index contributed by atoms with van der Waals surface area (Å²) in [6, 6.07) is 10.0. The van der Waals surface area contributed by atoms with E-state index in [0.717, 1.165) is 25.9 Å². The van der Waals surface area contributed by atoms with Crippen molar-refractivity contribution in [2.75, 3.05) is 19.8 Å². The number of halogens is 2. The molecular formula is C22H26F2O3. The minimum Gasteiger partial charge on any atom is -0.493 e. The van der Waals surface area contributed by atoms with Crippen molar-refractivity contribution in [3.63, 3.8) is 0 Å². The Labute approximate surface area is 159 Å². The van der Waals surface area contributed by atoms with E-state index in [1.807, 2.05) is 0 Å². The van der Waals surface area contributed by atoms with Crippen LogP contribution in [0.1, 0.15) is 33.1 Å². The molecule has 2 atom stereocenters. The zero-order valence-corrected chi connectivity index (χ0v) is 15.8. The first-order chi connectivity index (χ1) is 13.1. The average molecular weight is 376 g/mol. The third-order valence-electron chi connectivity index (χ3n) is 4.92. The Hall–Kier alpha value is -2.14. The Morgan fingerprint density at radius 2 is 1.74 bits per heavy atom. The molecule has 1 aliphatic heterocycles. The Morgan fingerprint density at radius 1 is 0.963 bits per heavy atom. The molecule has 1 saturated heterocycles. The van der Waals surface area contributed by atoms with Gasteiger partial charge in [0, 0.05) is 11.5 Å². The summed E-state index contributed by atoms with van der Waals surface area (Å²) in [5.41, 5.74) is 0.794. The average Bonchev–Trinajstić information content (AvgIpc) is 2.71. The fraction of sp³-hybridized carbons (Fsp3) is 0.455. The van der Waals surface area contributed by atoms with Crippen molar-refractivity contribution < 1.29 is 23.0 Å². The molecule has 0 spiro atoms. The van der Waals surface area contributed by atoms with Crippen molar-refractivity contribution in [3.8, 4) is 22.6 Å². The molecule has 27 heavy (non-hydrogen) atoms. The molecule has 146 valence electrons. The molecule has 1 aliphatic rings. The predicted molar refractivity (Wildman–Crippen MR) is 101 cm³/mol. The smallest absolute Gasteiger partial charge is 0.201 e. The second-order valence-electron chi connectivity index (χ2n) is 6.81. The molecule has 1 heterocycles. The van der Waals surface area contributed by atoms with Gasteiger partial charge in [0.25, 0.3) is 0 Å². The van der Waals surface area contributed by atoms with E-state index in [1.165, 1.54) is 12.1 Å². The van der Waals surface area contributed by atoms with Crippen LogP contribution >= 0.6 is 0 Å². The first-order valence-electron chi connectivity index (χ1n) is 9.58. The lowest BCUT2D eigenvalue weighted by Crippen LogP contribution is -2.28. The molecule has 0 aromatic heterocycles. The third kappa shape index (κ3) is 4.78. The van der Waals surface area contributed by atoms with Gasteiger partial charge in [-0.2, -0.15) is 4.39 Å². The predicted octanol–water partition coefficient (Wildman–Crippen LogP) is 5.61. The van der Waals surface area contributed by atoms with Gasteiger partial charge in [0.05, 0.1) is 25.9 Å². The standard InChI is InChI=1S/C22H26F2O3/c1-3-17-8-5-15(13-26-17)14-27-18-9-6-16(7-10-18)19-11-12-20(25-4-2)22(24)21(19)23/h6-7,9-12,15,17H,3-5,8,13-14H2,1-2H3. The summed E-state index contributed by atoms with van der Waals surface area (Å²) in [4.78, 5) is 0. The molecule has 0 N–H and O–H groups in total. The van der Waals surface area contributed by atoms with Gasteiger partial charge in [-0.3, -0.25) is 0 Å². The minimum absolute atomic E-state index is 0.0706. The summed E-state index contributed by atoms with van der Waals surface area (Å²) in [7, 11) is 0. The summed E-state index contributed by atoms with van der Waals surface area (Å²) in [5.74, 6) is -0.830. The number of hydrogen-bond acceptors (Lipinski definition) is 3. The van der Waals surface area contributed by atoms with Crippen molar-refractivity contribution in [3.05, 3.63) is 48.0 Å². The molecule has 3 rings (SSSR count). The normalized spacial score (nSPS) is 19.7. The Kier molecular flexibility index (Phi) is 6.67. The molecule has 3 nitrogen and oxygen atoms in total. The molecule has 0 amide bonds. The first-order valence-corrected chi connectivity index (χ1v) is 9.58. The highest BCUT2D eigenvalue weighted by molar-refractivity contribution is 5.66. The van der Waals surface area contributed by atoms with Crippen LogP contribution in [0.15, 0.2) is 36.4 Å². The van der Waals surface area contributed by atoms with Gasteiger partial charge in [-0.15, -0.1) is 0 Å². The Bertz CT molecular complexity index is 738. The second-order valence-corrected chi connectivity index (χ2v) is 6.81. The fourth-order valence-corrected chi connectivity index (χ4v) is 3.28. The van der Waals surface area contributed by atoms with Gasteiger partial charge in [-0.05, 0) is 56.0 Å². The molecule has 1 fully saturated rings. The lowest BCUT2D eigenvalue weighted by molar-refractivity contribution is -0.0281. The lowest BCUT2D eigenvalue weighted by Gasteiger charge is -2.28. The van der Waals surface area contributed by atoms with Gasteiger partial charge in [-0.25, -0.2) is 4.39 Å². The molecule has 0 radical (unpaired) electrons. The van der Waals surface area contributed by atoms with Crippen LogP contribution in [0.5, 0.6) is 11.5 Å². The largest absolute Gasteiger partial charge is 0.493 e. The zero-order chi connectivity index (χ0) is 19.2. The summed E-state index contributed by atoms with van der Waals surface area (Å²) in [5, 5.41) is 0. The van der Waals surface area contributed by atoms with Crippen molar-refractivity contribution in [1.82, 2.24) is 0 Å². The van der Waals surface area contributed by atoms with Crippen molar-refractivity contribution in [1.29, 1.82) is 0 Å². The maximum atomic E-state index is 14.3. The van der Waals surface area contributed by atoms with E-state index in [0.29, 0.717) is 29.9 Å². The van der Waals surface area contributed by atoms with Gasteiger partial charge < -0.3 is 14.2 Å². The number of rotatable bonds is 7. The van der Waals surface area contributed by atoms with Gasteiger partial charge in [-0.1, -0.05) is 19.1 Å². The zero-order valence-electron chi connectivity index (χ0n) is 15.8. The topological polar surface area (TPSA) is 27.7 Å². The SMILES string of the molecule is CCOc1ccc(-c2ccc(OCC3CCC(CC)OC3)cc2)c(F)c1F. The van der Waals surface area contributed by atoms with Crippen LogP contribution in [0.4, 0.5) is 8.78 Å². The van der Waals surface area contributed by atoms with Crippen LogP contribution in [0, 0.1) is 17.6 Å². The summed E-state index contributed by atoms with van der Waals surface area (Å²) in [6.45, 7) is 5.48. The van der Waals surface area contributed by atoms with Crippen LogP contribution in [0.2, 0.25) is 0 Å². The maximum absolute atomic E-state index is 14.3. The summed E-state index contributed by atoms with van der Waals surface area (Å²) >= 11 is 0. The Balaban J connectivity index is 1.61. The number of ether oxygens (including phenoxy) is 3. The highest BCUT2D eigenvalue weighted by Crippen LogP contribution is 2.31. The quantitative estimate of drug-likeness (QED) is 0.628. The third-order valence-corrected chi connectivity index (χ3v) is 4.92. The highest BCUT2D eigenvalue weighted by atomic mass is 19.2. The van der Waals surface area contributed by atoms with Crippen LogP contribution in [-0.2, 0) is 4.74 Å². The van der Waals surface area contributed by atoms with Crippen LogP contribution in [-0.4, -0.2) is 25.9 Å². The number of benzene rings is 2. The van der Waals surface area contributed by atoms with Crippen molar-refractivity contribution in [2.24, 2.45) is 5.92 Å². The fourth-order valence-electron chi connectivity index (χ4n) is 3.28. The summed E-state index contributed by atoms with van der Waals surface area (Å²) in [6.07, 6.45) is 3.61. The van der Waals surface area contributed by atoms with E-state index in [4.69, 9.17) is 14.2 Å². The molecule has 0 bridgehead atoms. The van der Waals surface area contributed by atoms with E-state index in [-0.39, 0.29) is 17.9 Å². The molecule has 2 aromatic rings. The van der Waals surface area contributed by atoms with Gasteiger partial charge >= 0.3 is 0 Å². The van der Waals surface area contributed by atoms with Gasteiger partial charge in [0.1, 0.15) is 5.75 Å². The number of hydrogen-bond donors (Lipinski definition) is 0. The second kappa shape index (κ2) is 9.18. The highest BCUT2D eigenvalue weighted by Gasteiger charge is 2.21. The maximum Gasteiger partial charge on any atom is 0.201 e. The lowest BCUT2D eigenvalue weighted by atomic mass is 9.98. The van der Waals surface area contributed by atoms with Crippen LogP contribution in [0.3, 0.4) is 0 Å². The van der Waals surface area contributed by atoms with E-state index in [1.54, 1.807) is 31.2 Å². The monoisotopic (exact) mass is 376 g/mol. The van der Waals surface area contributed by atoms with Gasteiger partial charge in [0.15, 0.2) is 11.6 Å². The summed E-state index contributed by atoms with van der Waals surface area (Å²) < 4.78 is 45.1. The van der Waals surface area contributed by atoms with Crippen LogP contribution in [0.25, 0.3) is 11.1 Å². The van der Waals surface area contributed by atoms with E-state index in [2.05, 4.69) is 6.92 Å². The molecule has 5 heteroatoms.